The van der Waals surface area contributed by atoms with Crippen molar-refractivity contribution < 1.29 is 19.7 Å². The molecule has 0 bridgehead atoms. The van der Waals surface area contributed by atoms with Gasteiger partial charge in [-0.3, -0.25) is 0 Å². The maximum Gasteiger partial charge on any atom is 0.159 e. The number of rotatable bonds is 9. The van der Waals surface area contributed by atoms with Gasteiger partial charge in [-0.05, 0) is 12.8 Å². The molecule has 0 saturated heterocycles. The zero-order valence-corrected chi connectivity index (χ0v) is 10.0. The van der Waals surface area contributed by atoms with Crippen molar-refractivity contribution in [3.8, 4) is 0 Å². The van der Waals surface area contributed by atoms with Crippen molar-refractivity contribution in [3.63, 3.8) is 0 Å². The van der Waals surface area contributed by atoms with Gasteiger partial charge in [-0.1, -0.05) is 18.2 Å². The lowest BCUT2D eigenvalue weighted by atomic mass is 10.1. The first-order chi connectivity index (χ1) is 7.63. The smallest absolute Gasteiger partial charge is 0.159 e. The second kappa shape index (κ2) is 9.54. The van der Waals surface area contributed by atoms with Crippen molar-refractivity contribution >= 4 is 0 Å². The lowest BCUT2D eigenvalue weighted by Crippen LogP contribution is -2.20. The molecule has 2 atom stereocenters. The normalized spacial score (nSPS) is 15.6. The summed E-state index contributed by atoms with van der Waals surface area (Å²) in [7, 11) is 3.06. The first kappa shape index (κ1) is 15.3. The summed E-state index contributed by atoms with van der Waals surface area (Å²) in [5.74, 6) is 0. The summed E-state index contributed by atoms with van der Waals surface area (Å²) in [5.41, 5.74) is 0. The summed E-state index contributed by atoms with van der Waals surface area (Å²) >= 11 is 0. The number of aliphatic hydroxyl groups excluding tert-OH is 2. The van der Waals surface area contributed by atoms with Crippen LogP contribution in [0, 0.1) is 0 Å². The minimum atomic E-state index is -0.530. The predicted molar refractivity (Wildman–Crippen MR) is 63.0 cm³/mol. The Labute approximate surface area is 97.2 Å². The van der Waals surface area contributed by atoms with Gasteiger partial charge < -0.3 is 19.7 Å². The maximum atomic E-state index is 9.61. The molecule has 0 amide bonds. The Bertz CT molecular complexity index is 199. The molecule has 2 N–H and O–H groups in total. The average molecular weight is 230 g/mol. The highest BCUT2D eigenvalue weighted by atomic mass is 16.7. The molecule has 0 fully saturated rings. The molecule has 0 saturated carbocycles. The Kier molecular flexibility index (Phi) is 9.13. The summed E-state index contributed by atoms with van der Waals surface area (Å²) in [6.45, 7) is 3.53. The number of aliphatic hydroxyl groups is 2. The second-order valence-electron chi connectivity index (χ2n) is 3.55. The fourth-order valence-corrected chi connectivity index (χ4v) is 1.25. The topological polar surface area (TPSA) is 58.9 Å². The minimum Gasteiger partial charge on any atom is -0.393 e. The summed E-state index contributed by atoms with van der Waals surface area (Å²) in [6, 6.07) is 0. The van der Waals surface area contributed by atoms with E-state index in [2.05, 4.69) is 6.58 Å². The molecule has 0 aliphatic heterocycles. The molecule has 0 aliphatic carbocycles. The zero-order chi connectivity index (χ0) is 12.4. The van der Waals surface area contributed by atoms with E-state index < -0.39 is 12.2 Å². The molecular weight excluding hydrogens is 208 g/mol. The Morgan fingerprint density at radius 2 is 1.81 bits per heavy atom. The third kappa shape index (κ3) is 7.59. The van der Waals surface area contributed by atoms with Crippen molar-refractivity contribution in [2.75, 3.05) is 14.2 Å². The van der Waals surface area contributed by atoms with Gasteiger partial charge >= 0.3 is 0 Å². The van der Waals surface area contributed by atoms with Crippen LogP contribution in [0.15, 0.2) is 24.8 Å². The Balaban J connectivity index is 3.78. The number of hydrogen-bond donors (Lipinski definition) is 2. The fraction of sp³-hybridized carbons (Fsp3) is 0.667. The van der Waals surface area contributed by atoms with Crippen LogP contribution in [0.5, 0.6) is 0 Å². The van der Waals surface area contributed by atoms with Crippen LogP contribution in [0.2, 0.25) is 0 Å². The zero-order valence-electron chi connectivity index (χ0n) is 10.0. The van der Waals surface area contributed by atoms with Crippen LogP contribution in [-0.2, 0) is 9.47 Å². The molecule has 16 heavy (non-hydrogen) atoms. The number of ether oxygens (including phenoxy) is 2. The van der Waals surface area contributed by atoms with Crippen molar-refractivity contribution in [2.24, 2.45) is 0 Å². The van der Waals surface area contributed by atoms with Crippen LogP contribution in [-0.4, -0.2) is 42.9 Å². The van der Waals surface area contributed by atoms with Crippen LogP contribution < -0.4 is 0 Å². The molecule has 0 heterocycles. The molecule has 0 aromatic heterocycles. The van der Waals surface area contributed by atoms with Crippen LogP contribution in [0.3, 0.4) is 0 Å². The largest absolute Gasteiger partial charge is 0.393 e. The van der Waals surface area contributed by atoms with Gasteiger partial charge in [0.15, 0.2) is 6.29 Å². The molecule has 0 rings (SSSR count). The van der Waals surface area contributed by atoms with Gasteiger partial charge in [-0.15, -0.1) is 6.58 Å². The predicted octanol–water partition coefficient (Wildman–Crippen LogP) is 1.24. The molecule has 0 radical (unpaired) electrons. The highest BCUT2D eigenvalue weighted by Crippen LogP contribution is 2.07. The van der Waals surface area contributed by atoms with Gasteiger partial charge in [-0.25, -0.2) is 0 Å². The van der Waals surface area contributed by atoms with E-state index in [4.69, 9.17) is 9.47 Å². The standard InChI is InChI=1S/C12H22O4/c1-4-6-10(13)7-5-8-11(14)9-12(15-2)16-3/h4-5,7,10-14H,1,6,8-9H2,2-3H3/b7-5+/t10-,11+/m1/s1. The third-order valence-electron chi connectivity index (χ3n) is 2.16. The first-order valence-corrected chi connectivity index (χ1v) is 5.33. The lowest BCUT2D eigenvalue weighted by molar-refractivity contribution is -0.121. The van der Waals surface area contributed by atoms with Crippen molar-refractivity contribution in [2.45, 2.75) is 37.8 Å². The molecule has 0 unspecified atom stereocenters. The van der Waals surface area contributed by atoms with Crippen molar-refractivity contribution in [1.82, 2.24) is 0 Å². The van der Waals surface area contributed by atoms with Crippen LogP contribution in [0.4, 0.5) is 0 Å². The van der Waals surface area contributed by atoms with Gasteiger partial charge in [0.05, 0.1) is 12.2 Å². The highest BCUT2D eigenvalue weighted by molar-refractivity contribution is 4.93. The molecule has 0 spiro atoms. The lowest BCUT2D eigenvalue weighted by Gasteiger charge is -2.16. The average Bonchev–Trinajstić information content (AvgIpc) is 2.26. The Hall–Kier alpha value is -0.680. The Morgan fingerprint density at radius 3 is 2.31 bits per heavy atom. The van der Waals surface area contributed by atoms with Crippen molar-refractivity contribution in [3.05, 3.63) is 24.8 Å². The van der Waals surface area contributed by atoms with Crippen molar-refractivity contribution in [1.29, 1.82) is 0 Å². The molecule has 0 aliphatic rings. The van der Waals surface area contributed by atoms with Crippen LogP contribution in [0.25, 0.3) is 0 Å². The fourth-order valence-electron chi connectivity index (χ4n) is 1.25. The quantitative estimate of drug-likeness (QED) is 0.462. The third-order valence-corrected chi connectivity index (χ3v) is 2.16. The van der Waals surface area contributed by atoms with Gasteiger partial charge in [0, 0.05) is 20.6 Å². The van der Waals surface area contributed by atoms with E-state index in [0.29, 0.717) is 19.3 Å². The molecule has 94 valence electrons. The summed E-state index contributed by atoms with van der Waals surface area (Å²) in [5, 5.41) is 19.0. The van der Waals surface area contributed by atoms with E-state index in [1.54, 1.807) is 18.2 Å². The van der Waals surface area contributed by atoms with Crippen LogP contribution in [0.1, 0.15) is 19.3 Å². The summed E-state index contributed by atoms with van der Waals surface area (Å²) in [6.07, 6.45) is 5.01. The molecule has 4 heteroatoms. The molecule has 0 aromatic rings. The Morgan fingerprint density at radius 1 is 1.19 bits per heavy atom. The molecule has 0 aromatic carbocycles. The van der Waals surface area contributed by atoms with Gasteiger partial charge in [0.2, 0.25) is 0 Å². The summed E-state index contributed by atoms with van der Waals surface area (Å²) < 4.78 is 9.93. The van der Waals surface area contributed by atoms with E-state index >= 15 is 0 Å². The molecular formula is C12H22O4. The number of methoxy groups -OCH3 is 2. The molecule has 4 nitrogen and oxygen atoms in total. The first-order valence-electron chi connectivity index (χ1n) is 5.33. The van der Waals surface area contributed by atoms with E-state index in [0.717, 1.165) is 0 Å². The van der Waals surface area contributed by atoms with Crippen LogP contribution >= 0.6 is 0 Å². The monoisotopic (exact) mass is 230 g/mol. The minimum absolute atomic E-state index is 0.388. The SMILES string of the molecule is C=CC[C@@H](O)/C=C/C[C@H](O)CC(OC)OC. The van der Waals surface area contributed by atoms with Gasteiger partial charge in [0.25, 0.3) is 0 Å². The van der Waals surface area contributed by atoms with Gasteiger partial charge in [-0.2, -0.15) is 0 Å². The van der Waals surface area contributed by atoms with E-state index in [1.807, 2.05) is 0 Å². The summed E-state index contributed by atoms with van der Waals surface area (Å²) in [4.78, 5) is 0. The van der Waals surface area contributed by atoms with E-state index in [1.165, 1.54) is 14.2 Å². The van der Waals surface area contributed by atoms with E-state index in [9.17, 15) is 10.2 Å². The van der Waals surface area contributed by atoms with E-state index in [-0.39, 0.29) is 6.29 Å². The highest BCUT2D eigenvalue weighted by Gasteiger charge is 2.11. The number of hydrogen-bond acceptors (Lipinski definition) is 4. The second-order valence-corrected chi connectivity index (χ2v) is 3.55. The maximum absolute atomic E-state index is 9.61. The van der Waals surface area contributed by atoms with Gasteiger partial charge in [0.1, 0.15) is 0 Å².